The molecular weight excluding hydrogens is 246 g/mol. The summed E-state index contributed by atoms with van der Waals surface area (Å²) < 4.78 is 5.02. The van der Waals surface area contributed by atoms with E-state index >= 15 is 0 Å². The Labute approximate surface area is 111 Å². The largest absolute Gasteiger partial charge is 0.481 e. The maximum Gasteiger partial charge on any atom is 0.212 e. The highest BCUT2D eigenvalue weighted by Gasteiger charge is 2.04. The van der Waals surface area contributed by atoms with Gasteiger partial charge in [-0.1, -0.05) is 6.07 Å². The zero-order valence-electron chi connectivity index (χ0n) is 10.9. The van der Waals surface area contributed by atoms with Crippen molar-refractivity contribution in [2.75, 3.05) is 7.11 Å². The zero-order valence-corrected chi connectivity index (χ0v) is 11.7. The lowest BCUT2D eigenvalue weighted by Crippen LogP contribution is -2.12. The lowest BCUT2D eigenvalue weighted by molar-refractivity contribution is 0.397. The molecule has 18 heavy (non-hydrogen) atoms. The molecule has 2 aromatic rings. The fourth-order valence-corrected chi connectivity index (χ4v) is 2.60. The van der Waals surface area contributed by atoms with Crippen molar-refractivity contribution in [2.24, 2.45) is 0 Å². The van der Waals surface area contributed by atoms with Crippen molar-refractivity contribution in [3.8, 4) is 5.88 Å². The van der Waals surface area contributed by atoms with Crippen LogP contribution in [0, 0.1) is 13.8 Å². The number of nitrogens with one attached hydrogen (secondary N) is 1. The van der Waals surface area contributed by atoms with Crippen molar-refractivity contribution >= 4 is 11.3 Å². The van der Waals surface area contributed by atoms with Crippen LogP contribution in [0.1, 0.15) is 21.1 Å². The van der Waals surface area contributed by atoms with Gasteiger partial charge >= 0.3 is 0 Å². The minimum atomic E-state index is 0.646. The molecule has 0 unspecified atom stereocenters. The normalized spacial score (nSPS) is 10.6. The smallest absolute Gasteiger partial charge is 0.212 e. The van der Waals surface area contributed by atoms with Crippen molar-refractivity contribution in [3.05, 3.63) is 39.5 Å². The minimum absolute atomic E-state index is 0.646. The molecule has 0 aliphatic heterocycles. The molecule has 0 bridgehead atoms. The summed E-state index contributed by atoms with van der Waals surface area (Å²) in [6, 6.07) is 3.89. The predicted octanol–water partition coefficient (Wildman–Crippen LogP) is 2.45. The van der Waals surface area contributed by atoms with E-state index in [0.29, 0.717) is 5.88 Å². The lowest BCUT2D eigenvalue weighted by atomic mass is 10.3. The Kier molecular flexibility index (Phi) is 4.28. The summed E-state index contributed by atoms with van der Waals surface area (Å²) in [5.41, 5.74) is 2.27. The first kappa shape index (κ1) is 13.0. The molecule has 0 atom stereocenters. The van der Waals surface area contributed by atoms with E-state index in [1.807, 2.05) is 25.3 Å². The number of nitrogens with zero attached hydrogens (tertiary/aromatic N) is 2. The summed E-state index contributed by atoms with van der Waals surface area (Å²) in [4.78, 5) is 9.88. The molecular formula is C13H17N3OS. The quantitative estimate of drug-likeness (QED) is 0.900. The standard InChI is InChI=1S/C13H17N3OS/c1-9-12(18-10(2)16-9)8-14-6-11-4-5-13(17-3)15-7-11/h4-5,7,14H,6,8H2,1-3H3. The molecule has 5 heteroatoms. The van der Waals surface area contributed by atoms with E-state index in [1.165, 1.54) is 4.88 Å². The summed E-state index contributed by atoms with van der Waals surface area (Å²) in [5, 5.41) is 4.52. The van der Waals surface area contributed by atoms with Gasteiger partial charge in [-0.15, -0.1) is 11.3 Å². The van der Waals surface area contributed by atoms with Crippen molar-refractivity contribution in [2.45, 2.75) is 26.9 Å². The van der Waals surface area contributed by atoms with Gasteiger partial charge in [-0.3, -0.25) is 0 Å². The third-order valence-electron chi connectivity index (χ3n) is 2.62. The van der Waals surface area contributed by atoms with Crippen LogP contribution in [-0.2, 0) is 13.1 Å². The van der Waals surface area contributed by atoms with E-state index in [2.05, 4.69) is 22.2 Å². The van der Waals surface area contributed by atoms with Crippen LogP contribution in [0.15, 0.2) is 18.3 Å². The molecule has 0 spiro atoms. The molecule has 0 aliphatic rings. The topological polar surface area (TPSA) is 47.0 Å². The molecule has 1 N–H and O–H groups in total. The Morgan fingerprint density at radius 1 is 1.28 bits per heavy atom. The minimum Gasteiger partial charge on any atom is -0.481 e. The van der Waals surface area contributed by atoms with Crippen LogP contribution >= 0.6 is 11.3 Å². The first-order valence-electron chi connectivity index (χ1n) is 5.81. The van der Waals surface area contributed by atoms with E-state index in [1.54, 1.807) is 18.4 Å². The van der Waals surface area contributed by atoms with Crippen molar-refractivity contribution in [1.29, 1.82) is 0 Å². The van der Waals surface area contributed by atoms with Gasteiger partial charge in [0.2, 0.25) is 5.88 Å². The van der Waals surface area contributed by atoms with Gasteiger partial charge in [0.15, 0.2) is 0 Å². The molecule has 4 nitrogen and oxygen atoms in total. The van der Waals surface area contributed by atoms with Gasteiger partial charge in [0.1, 0.15) is 0 Å². The van der Waals surface area contributed by atoms with Crippen LogP contribution < -0.4 is 10.1 Å². The third-order valence-corrected chi connectivity index (χ3v) is 3.69. The van der Waals surface area contributed by atoms with Gasteiger partial charge in [0, 0.05) is 30.2 Å². The molecule has 0 aromatic carbocycles. The summed E-state index contributed by atoms with van der Waals surface area (Å²) >= 11 is 1.75. The average Bonchev–Trinajstić information content (AvgIpc) is 2.69. The van der Waals surface area contributed by atoms with Gasteiger partial charge in [-0.2, -0.15) is 0 Å². The van der Waals surface area contributed by atoms with Crippen LogP contribution in [-0.4, -0.2) is 17.1 Å². The second-order valence-electron chi connectivity index (χ2n) is 4.05. The molecule has 0 fully saturated rings. The Hall–Kier alpha value is -1.46. The fourth-order valence-electron chi connectivity index (χ4n) is 1.69. The zero-order chi connectivity index (χ0) is 13.0. The fraction of sp³-hybridized carbons (Fsp3) is 0.385. The number of methoxy groups -OCH3 is 1. The number of hydrogen-bond acceptors (Lipinski definition) is 5. The molecule has 2 rings (SSSR count). The van der Waals surface area contributed by atoms with Gasteiger partial charge < -0.3 is 10.1 Å². The average molecular weight is 263 g/mol. The summed E-state index contributed by atoms with van der Waals surface area (Å²) in [6.07, 6.45) is 1.83. The third kappa shape index (κ3) is 3.27. The first-order valence-corrected chi connectivity index (χ1v) is 6.63. The number of aryl methyl sites for hydroxylation is 2. The molecule has 96 valence electrons. The summed E-state index contributed by atoms with van der Waals surface area (Å²) in [7, 11) is 1.62. The molecule has 0 amide bonds. The summed E-state index contributed by atoms with van der Waals surface area (Å²) in [5.74, 6) is 0.646. The molecule has 0 radical (unpaired) electrons. The Morgan fingerprint density at radius 2 is 2.11 bits per heavy atom. The van der Waals surface area contributed by atoms with Crippen LogP contribution in [0.3, 0.4) is 0 Å². The van der Waals surface area contributed by atoms with Crippen molar-refractivity contribution < 1.29 is 4.74 Å². The van der Waals surface area contributed by atoms with E-state index in [4.69, 9.17) is 4.74 Å². The first-order chi connectivity index (χ1) is 8.69. The second-order valence-corrected chi connectivity index (χ2v) is 5.34. The number of aromatic nitrogens is 2. The van der Waals surface area contributed by atoms with Crippen LogP contribution in [0.4, 0.5) is 0 Å². The molecule has 0 saturated heterocycles. The lowest BCUT2D eigenvalue weighted by Gasteiger charge is -2.04. The second kappa shape index (κ2) is 5.93. The number of thiazole rings is 1. The van der Waals surface area contributed by atoms with E-state index in [9.17, 15) is 0 Å². The highest BCUT2D eigenvalue weighted by Crippen LogP contribution is 2.16. The number of rotatable bonds is 5. The van der Waals surface area contributed by atoms with Crippen molar-refractivity contribution in [3.63, 3.8) is 0 Å². The number of pyridine rings is 1. The van der Waals surface area contributed by atoms with E-state index in [0.717, 1.165) is 29.4 Å². The van der Waals surface area contributed by atoms with Gasteiger partial charge in [-0.05, 0) is 19.4 Å². The Morgan fingerprint density at radius 3 is 2.67 bits per heavy atom. The maximum atomic E-state index is 5.02. The molecule has 0 aliphatic carbocycles. The predicted molar refractivity (Wildman–Crippen MR) is 72.9 cm³/mol. The van der Waals surface area contributed by atoms with E-state index in [-0.39, 0.29) is 0 Å². The van der Waals surface area contributed by atoms with Crippen molar-refractivity contribution in [1.82, 2.24) is 15.3 Å². The highest BCUT2D eigenvalue weighted by atomic mass is 32.1. The van der Waals surface area contributed by atoms with Gasteiger partial charge in [0.25, 0.3) is 0 Å². The van der Waals surface area contributed by atoms with Gasteiger partial charge in [-0.25, -0.2) is 9.97 Å². The summed E-state index contributed by atoms with van der Waals surface area (Å²) in [6.45, 7) is 5.74. The maximum absolute atomic E-state index is 5.02. The number of hydrogen-bond donors (Lipinski definition) is 1. The Balaban J connectivity index is 1.86. The highest BCUT2D eigenvalue weighted by molar-refractivity contribution is 7.11. The molecule has 2 heterocycles. The van der Waals surface area contributed by atoms with Crippen LogP contribution in [0.25, 0.3) is 0 Å². The SMILES string of the molecule is COc1ccc(CNCc2sc(C)nc2C)cn1. The van der Waals surface area contributed by atoms with Gasteiger partial charge in [0.05, 0.1) is 17.8 Å². The van der Waals surface area contributed by atoms with Crippen LogP contribution in [0.5, 0.6) is 5.88 Å². The molecule has 2 aromatic heterocycles. The van der Waals surface area contributed by atoms with E-state index < -0.39 is 0 Å². The monoisotopic (exact) mass is 263 g/mol. The number of ether oxygens (including phenoxy) is 1. The van der Waals surface area contributed by atoms with Crippen LogP contribution in [0.2, 0.25) is 0 Å². The molecule has 0 saturated carbocycles. The Bertz CT molecular complexity index is 507.